The van der Waals surface area contributed by atoms with Crippen LogP contribution in [0.3, 0.4) is 0 Å². The fourth-order valence-corrected chi connectivity index (χ4v) is 5.67. The van der Waals surface area contributed by atoms with Crippen molar-refractivity contribution in [2.24, 2.45) is 5.92 Å². The summed E-state index contributed by atoms with van der Waals surface area (Å²) in [4.78, 5) is 39.7. The Bertz CT molecular complexity index is 1300. The quantitative estimate of drug-likeness (QED) is 0.218. The summed E-state index contributed by atoms with van der Waals surface area (Å²) in [6.07, 6.45) is 2.31. The number of aliphatic hydroxyl groups excluding tert-OH is 2. The van der Waals surface area contributed by atoms with E-state index in [1.165, 1.54) is 13.2 Å². The molecule has 2 aliphatic carbocycles. The molecule has 220 valence electrons. The van der Waals surface area contributed by atoms with Crippen molar-refractivity contribution in [3.8, 4) is 17.2 Å². The Hall–Kier alpha value is -3.16. The number of hydrogen-bond acceptors (Lipinski definition) is 8. The maximum Gasteiger partial charge on any atom is 0.247 e. The standard InChI is InChI=1S/C30H35IN2O8/c1-39-22-5-3-4-18(12-22)8-10-33(30(38)20-6-7-20)24-15-21(29(37)32-9-11-34)16-25(27(24)36)41-28-23(31)13-19(17-35)14-26(28)40-2/h3-5,12-14,16-17,20,24-25,27,34,36H,6-11,15H2,1-2H3,(H,32,37)/t24-,25+,27+/m1/s1. The van der Waals surface area contributed by atoms with Crippen molar-refractivity contribution in [3.05, 3.63) is 62.7 Å². The lowest BCUT2D eigenvalue weighted by atomic mass is 9.87. The number of benzene rings is 2. The normalized spacial score (nSPS) is 20.0. The number of amides is 2. The van der Waals surface area contributed by atoms with Gasteiger partial charge < -0.3 is 34.6 Å². The number of aldehydes is 1. The first-order valence-electron chi connectivity index (χ1n) is 13.5. The average Bonchev–Trinajstić information content (AvgIpc) is 3.84. The number of nitrogens with zero attached hydrogens (tertiary/aromatic N) is 1. The van der Waals surface area contributed by atoms with E-state index in [1.807, 2.05) is 46.9 Å². The Morgan fingerprint density at radius 2 is 1.95 bits per heavy atom. The van der Waals surface area contributed by atoms with Crippen LogP contribution in [0.5, 0.6) is 17.2 Å². The van der Waals surface area contributed by atoms with Gasteiger partial charge >= 0.3 is 0 Å². The van der Waals surface area contributed by atoms with E-state index in [-0.39, 0.29) is 31.4 Å². The third-order valence-corrected chi connectivity index (χ3v) is 8.04. The third-order valence-electron chi connectivity index (χ3n) is 7.24. The van der Waals surface area contributed by atoms with Gasteiger partial charge in [-0.25, -0.2) is 0 Å². The van der Waals surface area contributed by atoms with Crippen molar-refractivity contribution in [3.63, 3.8) is 0 Å². The minimum atomic E-state index is -1.16. The number of hydrogen-bond donors (Lipinski definition) is 3. The molecule has 0 heterocycles. The Morgan fingerprint density at radius 1 is 1.17 bits per heavy atom. The Kier molecular flexibility index (Phi) is 10.6. The number of carbonyl (C=O) groups is 3. The van der Waals surface area contributed by atoms with Gasteiger partial charge in [0.15, 0.2) is 11.5 Å². The molecule has 0 bridgehead atoms. The van der Waals surface area contributed by atoms with Crippen molar-refractivity contribution in [2.75, 3.05) is 33.9 Å². The predicted molar refractivity (Wildman–Crippen MR) is 159 cm³/mol. The van der Waals surface area contributed by atoms with Crippen LogP contribution in [0.2, 0.25) is 0 Å². The van der Waals surface area contributed by atoms with Crippen LogP contribution in [0.15, 0.2) is 48.0 Å². The van der Waals surface area contributed by atoms with Gasteiger partial charge in [0.05, 0.1) is 30.4 Å². The molecule has 41 heavy (non-hydrogen) atoms. The zero-order valence-corrected chi connectivity index (χ0v) is 25.2. The number of nitrogens with one attached hydrogen (secondary N) is 1. The molecule has 11 heteroatoms. The lowest BCUT2D eigenvalue weighted by molar-refractivity contribution is -0.139. The van der Waals surface area contributed by atoms with Crippen molar-refractivity contribution in [1.29, 1.82) is 0 Å². The van der Waals surface area contributed by atoms with Crippen molar-refractivity contribution >= 4 is 40.7 Å². The zero-order valence-electron chi connectivity index (χ0n) is 23.0. The molecule has 1 fully saturated rings. The Morgan fingerprint density at radius 3 is 2.61 bits per heavy atom. The van der Waals surface area contributed by atoms with E-state index >= 15 is 0 Å². The fraction of sp³-hybridized carbons (Fsp3) is 0.433. The van der Waals surface area contributed by atoms with Crippen molar-refractivity contribution < 1.29 is 38.8 Å². The molecule has 2 aromatic rings. The molecule has 0 aliphatic heterocycles. The summed E-state index contributed by atoms with van der Waals surface area (Å²) in [5, 5.41) is 23.6. The lowest BCUT2D eigenvalue weighted by Gasteiger charge is -2.41. The summed E-state index contributed by atoms with van der Waals surface area (Å²) in [6.45, 7) is 0.169. The van der Waals surface area contributed by atoms with Crippen molar-refractivity contribution in [2.45, 2.75) is 43.9 Å². The maximum atomic E-state index is 13.6. The van der Waals surface area contributed by atoms with Crippen LogP contribution in [-0.2, 0) is 16.0 Å². The van der Waals surface area contributed by atoms with Crippen LogP contribution >= 0.6 is 22.6 Å². The lowest BCUT2D eigenvalue weighted by Crippen LogP contribution is -2.56. The van der Waals surface area contributed by atoms with E-state index in [0.717, 1.165) is 18.4 Å². The first kappa shape index (κ1) is 30.8. The minimum absolute atomic E-state index is 0.0600. The van der Waals surface area contributed by atoms with Gasteiger partial charge in [-0.05, 0) is 77.8 Å². The highest BCUT2D eigenvalue weighted by Crippen LogP contribution is 2.38. The van der Waals surface area contributed by atoms with E-state index in [9.17, 15) is 24.6 Å². The van der Waals surface area contributed by atoms with Crippen LogP contribution in [0, 0.1) is 9.49 Å². The molecule has 0 aromatic heterocycles. The molecule has 4 rings (SSSR count). The summed E-state index contributed by atoms with van der Waals surface area (Å²) < 4.78 is 17.7. The van der Waals surface area contributed by atoms with Gasteiger partial charge in [-0.1, -0.05) is 12.1 Å². The second kappa shape index (κ2) is 14.1. The molecule has 2 aliphatic rings. The molecule has 0 unspecified atom stereocenters. The SMILES string of the molecule is COc1cccc(CCN(C(=O)C2CC2)[C@@H]2CC(C(=O)NCCO)=C[C@H](Oc3c(I)cc(C=O)cc3OC)[C@H]2O)c1. The highest BCUT2D eigenvalue weighted by atomic mass is 127. The molecule has 3 atom stereocenters. The summed E-state index contributed by atoms with van der Waals surface area (Å²) >= 11 is 2.02. The van der Waals surface area contributed by atoms with Gasteiger partial charge in [0, 0.05) is 36.6 Å². The summed E-state index contributed by atoms with van der Waals surface area (Å²) in [5.41, 5.74) is 1.72. The number of methoxy groups -OCH3 is 2. The number of rotatable bonds is 13. The summed E-state index contributed by atoms with van der Waals surface area (Å²) in [6, 6.07) is 10.0. The van der Waals surface area contributed by atoms with E-state index in [2.05, 4.69) is 5.32 Å². The van der Waals surface area contributed by atoms with E-state index < -0.39 is 24.2 Å². The topological polar surface area (TPSA) is 135 Å². The maximum absolute atomic E-state index is 13.6. The number of halogens is 1. The predicted octanol–water partition coefficient (Wildman–Crippen LogP) is 2.52. The second-order valence-electron chi connectivity index (χ2n) is 10.1. The fourth-order valence-electron chi connectivity index (χ4n) is 4.92. The minimum Gasteiger partial charge on any atom is -0.497 e. The first-order chi connectivity index (χ1) is 19.8. The van der Waals surface area contributed by atoms with Gasteiger partial charge in [0.25, 0.3) is 0 Å². The average molecular weight is 679 g/mol. The third kappa shape index (κ3) is 7.57. The number of carbonyl (C=O) groups excluding carboxylic acids is 3. The molecule has 3 N–H and O–H groups in total. The molecule has 0 saturated heterocycles. The molecular weight excluding hydrogens is 643 g/mol. The summed E-state index contributed by atoms with van der Waals surface area (Å²) in [5.74, 6) is 0.748. The van der Waals surface area contributed by atoms with Gasteiger partial charge in [0.2, 0.25) is 11.8 Å². The van der Waals surface area contributed by atoms with Gasteiger partial charge in [0.1, 0.15) is 24.2 Å². The largest absolute Gasteiger partial charge is 0.497 e. The van der Waals surface area contributed by atoms with Crippen LogP contribution in [-0.4, -0.2) is 85.4 Å². The zero-order chi connectivity index (χ0) is 29.5. The van der Waals surface area contributed by atoms with Gasteiger partial charge in [-0.15, -0.1) is 0 Å². The highest BCUT2D eigenvalue weighted by molar-refractivity contribution is 14.1. The summed E-state index contributed by atoms with van der Waals surface area (Å²) in [7, 11) is 3.05. The number of aliphatic hydroxyl groups is 2. The molecule has 2 amide bonds. The smallest absolute Gasteiger partial charge is 0.247 e. The van der Waals surface area contributed by atoms with Crippen LogP contribution < -0.4 is 19.5 Å². The Balaban J connectivity index is 1.67. The van der Waals surface area contributed by atoms with Crippen LogP contribution in [0.1, 0.15) is 35.2 Å². The molecular formula is C30H35IN2O8. The van der Waals surface area contributed by atoms with Gasteiger partial charge in [-0.2, -0.15) is 0 Å². The van der Waals surface area contributed by atoms with E-state index in [1.54, 1.807) is 24.2 Å². The van der Waals surface area contributed by atoms with E-state index in [0.29, 0.717) is 51.2 Å². The highest BCUT2D eigenvalue weighted by Gasteiger charge is 2.44. The van der Waals surface area contributed by atoms with Crippen LogP contribution in [0.4, 0.5) is 0 Å². The van der Waals surface area contributed by atoms with E-state index in [4.69, 9.17) is 14.2 Å². The van der Waals surface area contributed by atoms with Crippen molar-refractivity contribution in [1.82, 2.24) is 10.2 Å². The number of ether oxygens (including phenoxy) is 3. The molecule has 1 saturated carbocycles. The molecule has 0 radical (unpaired) electrons. The monoisotopic (exact) mass is 678 g/mol. The Labute approximate surface area is 252 Å². The molecule has 2 aromatic carbocycles. The first-order valence-corrected chi connectivity index (χ1v) is 14.6. The van der Waals surface area contributed by atoms with Gasteiger partial charge in [-0.3, -0.25) is 14.4 Å². The second-order valence-corrected chi connectivity index (χ2v) is 11.2. The molecule has 0 spiro atoms. The molecule has 10 nitrogen and oxygen atoms in total. The van der Waals surface area contributed by atoms with Crippen LogP contribution in [0.25, 0.3) is 0 Å².